The van der Waals surface area contributed by atoms with Gasteiger partial charge in [0.05, 0.1) is 5.69 Å². The predicted molar refractivity (Wildman–Crippen MR) is 103 cm³/mol. The largest absolute Gasteiger partial charge is 0.396 e. The molecule has 0 unspecified atom stereocenters. The smallest absolute Gasteiger partial charge is 0.307 e. The molecule has 0 bridgehead atoms. The molecule has 0 amide bonds. The molecule has 2 aromatic carbocycles. The molecule has 1 aliphatic heterocycles. The highest BCUT2D eigenvalue weighted by atomic mass is 19.4. The molecule has 8 heteroatoms. The van der Waals surface area contributed by atoms with Crippen LogP contribution in [-0.2, 0) is 6.54 Å². The molecule has 2 N–H and O–H groups in total. The van der Waals surface area contributed by atoms with Crippen LogP contribution >= 0.6 is 0 Å². The van der Waals surface area contributed by atoms with Crippen LogP contribution in [0.2, 0.25) is 0 Å². The number of carbonyl (C=O) groups excluding carboxylic acids is 1. The average molecular weight is 409 g/mol. The Morgan fingerprint density at radius 2 is 1.76 bits per heavy atom. The number of likely N-dealkylation sites (tertiary alicyclic amines) is 1. The topological polar surface area (TPSA) is 49.6 Å². The maximum atomic E-state index is 13.6. The molecule has 4 nitrogen and oxygen atoms in total. The molecule has 0 aliphatic carbocycles. The first-order valence-corrected chi connectivity index (χ1v) is 9.42. The fraction of sp³-hybridized carbons (Fsp3) is 0.381. The van der Waals surface area contributed by atoms with Crippen molar-refractivity contribution in [1.29, 1.82) is 0 Å². The quantitative estimate of drug-likeness (QED) is 0.334. The van der Waals surface area contributed by atoms with Gasteiger partial charge in [0, 0.05) is 31.2 Å². The molecule has 0 spiro atoms. The highest BCUT2D eigenvalue weighted by Gasteiger charge is 2.34. The standard InChI is InChI=1S/C21H23F4N3O/c22-16-6-7-19(18(12-16)20(29)13-21(23,24)25)28(26)17-8-10-27(11-9-17)14-15-4-2-1-3-5-15/h1-7,12,17H,8-11,13-14,26H2. The van der Waals surface area contributed by atoms with Crippen molar-refractivity contribution in [3.63, 3.8) is 0 Å². The van der Waals surface area contributed by atoms with Gasteiger partial charge >= 0.3 is 6.18 Å². The number of ketones is 1. The van der Waals surface area contributed by atoms with E-state index >= 15 is 0 Å². The van der Waals surface area contributed by atoms with Crippen LogP contribution in [0.15, 0.2) is 48.5 Å². The van der Waals surface area contributed by atoms with Crippen LogP contribution in [0, 0.1) is 5.82 Å². The summed E-state index contributed by atoms with van der Waals surface area (Å²) in [7, 11) is 0. The minimum atomic E-state index is -4.66. The van der Waals surface area contributed by atoms with Gasteiger partial charge in [-0.15, -0.1) is 0 Å². The zero-order valence-corrected chi connectivity index (χ0v) is 15.8. The molecule has 0 radical (unpaired) electrons. The van der Waals surface area contributed by atoms with Crippen molar-refractivity contribution in [1.82, 2.24) is 4.90 Å². The molecule has 0 atom stereocenters. The van der Waals surface area contributed by atoms with Crippen LogP contribution in [0.25, 0.3) is 0 Å². The molecule has 0 aromatic heterocycles. The lowest BCUT2D eigenvalue weighted by atomic mass is 10.00. The van der Waals surface area contributed by atoms with Crippen LogP contribution in [0.3, 0.4) is 0 Å². The summed E-state index contributed by atoms with van der Waals surface area (Å²) < 4.78 is 51.5. The highest BCUT2D eigenvalue weighted by molar-refractivity contribution is 6.01. The number of hydrogen-bond donors (Lipinski definition) is 1. The summed E-state index contributed by atoms with van der Waals surface area (Å²) in [6, 6.07) is 13.1. The van der Waals surface area contributed by atoms with Crippen molar-refractivity contribution < 1.29 is 22.4 Å². The Bertz CT molecular complexity index is 834. The molecule has 1 aliphatic rings. The number of hydrogen-bond acceptors (Lipinski definition) is 4. The third kappa shape index (κ3) is 5.77. The van der Waals surface area contributed by atoms with E-state index in [0.29, 0.717) is 12.8 Å². The van der Waals surface area contributed by atoms with Crippen LogP contribution in [0.5, 0.6) is 0 Å². The number of anilines is 1. The van der Waals surface area contributed by atoms with Gasteiger partial charge in [-0.3, -0.25) is 9.69 Å². The van der Waals surface area contributed by atoms with Gasteiger partial charge in [-0.2, -0.15) is 13.2 Å². The molecular weight excluding hydrogens is 386 g/mol. The lowest BCUT2D eigenvalue weighted by molar-refractivity contribution is -0.125. The first kappa shape index (κ1) is 21.3. The summed E-state index contributed by atoms with van der Waals surface area (Å²) in [6.45, 7) is 2.34. The first-order chi connectivity index (χ1) is 13.7. The second-order valence-electron chi connectivity index (χ2n) is 7.28. The monoisotopic (exact) mass is 409 g/mol. The average Bonchev–Trinajstić information content (AvgIpc) is 2.67. The van der Waals surface area contributed by atoms with E-state index in [4.69, 9.17) is 5.84 Å². The summed E-state index contributed by atoms with van der Waals surface area (Å²) in [5.74, 6) is 4.22. The number of nitrogens with zero attached hydrogens (tertiary/aromatic N) is 2. The lowest BCUT2D eigenvalue weighted by Crippen LogP contribution is -2.48. The number of halogens is 4. The number of piperidine rings is 1. The second-order valence-corrected chi connectivity index (χ2v) is 7.28. The van der Waals surface area contributed by atoms with Crippen molar-refractivity contribution >= 4 is 11.5 Å². The zero-order valence-electron chi connectivity index (χ0n) is 15.8. The fourth-order valence-electron chi connectivity index (χ4n) is 3.63. The van der Waals surface area contributed by atoms with E-state index in [-0.39, 0.29) is 17.3 Å². The van der Waals surface area contributed by atoms with Crippen molar-refractivity contribution in [2.45, 2.75) is 38.0 Å². The van der Waals surface area contributed by atoms with E-state index in [2.05, 4.69) is 17.0 Å². The van der Waals surface area contributed by atoms with Crippen molar-refractivity contribution in [3.8, 4) is 0 Å². The van der Waals surface area contributed by atoms with E-state index in [1.54, 1.807) is 0 Å². The van der Waals surface area contributed by atoms with Gasteiger partial charge in [-0.1, -0.05) is 30.3 Å². The van der Waals surface area contributed by atoms with Crippen LogP contribution in [0.4, 0.5) is 23.2 Å². The highest BCUT2D eigenvalue weighted by Crippen LogP contribution is 2.29. The summed E-state index contributed by atoms with van der Waals surface area (Å²) >= 11 is 0. The molecule has 0 saturated carbocycles. The van der Waals surface area contributed by atoms with Gasteiger partial charge < -0.3 is 5.01 Å². The zero-order chi connectivity index (χ0) is 21.0. The number of benzene rings is 2. The third-order valence-corrected chi connectivity index (χ3v) is 5.10. The van der Waals surface area contributed by atoms with Gasteiger partial charge in [0.25, 0.3) is 0 Å². The van der Waals surface area contributed by atoms with Crippen molar-refractivity contribution in [3.05, 3.63) is 65.5 Å². The van der Waals surface area contributed by atoms with Crippen LogP contribution in [-0.4, -0.2) is 36.0 Å². The number of Topliss-reactive ketones (excluding diaryl/α,β-unsaturated/α-hetero) is 1. The summed E-state index contributed by atoms with van der Waals surface area (Å²) in [5, 5.41) is 1.32. The maximum Gasteiger partial charge on any atom is 0.396 e. The van der Waals surface area contributed by atoms with Gasteiger partial charge in [-0.05, 0) is 36.6 Å². The number of alkyl halides is 3. The number of rotatable bonds is 6. The molecule has 29 heavy (non-hydrogen) atoms. The first-order valence-electron chi connectivity index (χ1n) is 9.42. The Morgan fingerprint density at radius 1 is 1.10 bits per heavy atom. The molecule has 1 fully saturated rings. The van der Waals surface area contributed by atoms with Crippen molar-refractivity contribution in [2.75, 3.05) is 18.1 Å². The Balaban J connectivity index is 1.68. The Kier molecular flexibility index (Phi) is 6.54. The van der Waals surface area contributed by atoms with E-state index in [0.717, 1.165) is 31.8 Å². The normalized spacial score (nSPS) is 16.0. The Hall–Kier alpha value is -2.45. The molecule has 2 aromatic rings. The van der Waals surface area contributed by atoms with Crippen molar-refractivity contribution in [2.24, 2.45) is 5.84 Å². The van der Waals surface area contributed by atoms with Gasteiger partial charge in [0.2, 0.25) is 0 Å². The number of hydrazine groups is 1. The third-order valence-electron chi connectivity index (χ3n) is 5.10. The summed E-state index contributed by atoms with van der Waals surface area (Å²) in [5.41, 5.74) is 0.993. The summed E-state index contributed by atoms with van der Waals surface area (Å²) in [6.07, 6.45) is -4.93. The van der Waals surface area contributed by atoms with Gasteiger partial charge in [-0.25, -0.2) is 10.2 Å². The van der Waals surface area contributed by atoms with Gasteiger partial charge in [0.15, 0.2) is 5.78 Å². The molecular formula is C21H23F4N3O. The SMILES string of the molecule is NN(c1ccc(F)cc1C(=O)CC(F)(F)F)C1CCN(Cc2ccccc2)CC1. The predicted octanol–water partition coefficient (Wildman–Crippen LogP) is 4.31. The summed E-state index contributed by atoms with van der Waals surface area (Å²) in [4.78, 5) is 14.4. The molecule has 1 heterocycles. The minimum Gasteiger partial charge on any atom is -0.307 e. The number of nitrogens with two attached hydrogens (primary N) is 1. The van der Waals surface area contributed by atoms with E-state index in [9.17, 15) is 22.4 Å². The second kappa shape index (κ2) is 8.92. The molecule has 156 valence electrons. The van der Waals surface area contributed by atoms with Crippen LogP contribution in [0.1, 0.15) is 35.2 Å². The number of carbonyl (C=O) groups is 1. The Morgan fingerprint density at radius 3 is 2.38 bits per heavy atom. The fourth-order valence-corrected chi connectivity index (χ4v) is 3.63. The molecule has 3 rings (SSSR count). The molecule has 1 saturated heterocycles. The Labute approximate surface area is 166 Å². The minimum absolute atomic E-state index is 0.127. The lowest BCUT2D eigenvalue weighted by Gasteiger charge is -2.37. The van der Waals surface area contributed by atoms with E-state index < -0.39 is 24.2 Å². The van der Waals surface area contributed by atoms with Crippen LogP contribution < -0.4 is 10.9 Å². The van der Waals surface area contributed by atoms with E-state index in [1.807, 2.05) is 18.2 Å². The van der Waals surface area contributed by atoms with E-state index in [1.165, 1.54) is 16.6 Å². The van der Waals surface area contributed by atoms with Gasteiger partial charge in [0.1, 0.15) is 12.2 Å². The maximum absolute atomic E-state index is 13.6.